The fraction of sp³-hybridized carbons (Fsp3) is 0.500. The lowest BCUT2D eigenvalue weighted by atomic mass is 10.0. The number of hydrogen-bond acceptors (Lipinski definition) is 3. The molecular weight excluding hydrogens is 286 g/mol. The third kappa shape index (κ3) is 3.89. The molecule has 0 radical (unpaired) electrons. The van der Waals surface area contributed by atoms with Crippen LogP contribution < -0.4 is 4.90 Å². The average molecular weight is 306 g/mol. The van der Waals surface area contributed by atoms with Gasteiger partial charge < -0.3 is 9.80 Å². The average Bonchev–Trinajstić information content (AvgIpc) is 2.53. The van der Waals surface area contributed by atoms with Crippen LogP contribution in [0.25, 0.3) is 0 Å². The van der Waals surface area contributed by atoms with Crippen molar-refractivity contribution in [1.82, 2.24) is 4.90 Å². The van der Waals surface area contributed by atoms with Gasteiger partial charge in [0.2, 0.25) is 5.91 Å². The van der Waals surface area contributed by atoms with Crippen molar-refractivity contribution in [1.29, 1.82) is 5.26 Å². The Morgan fingerprint density at radius 2 is 1.90 bits per heavy atom. The Labute approximate surface area is 130 Å². The normalized spacial score (nSPS) is 16.4. The summed E-state index contributed by atoms with van der Waals surface area (Å²) in [5.74, 6) is -0.507. The molecule has 1 fully saturated rings. The summed E-state index contributed by atoms with van der Waals surface area (Å²) in [5, 5.41) is 9.82. The summed E-state index contributed by atoms with van der Waals surface area (Å²) in [6.07, 6.45) is 1.50. The minimum absolute atomic E-state index is 0.0184. The lowest BCUT2D eigenvalue weighted by molar-refractivity contribution is -0.134. The van der Waals surface area contributed by atoms with Crippen molar-refractivity contribution in [2.24, 2.45) is 5.92 Å². The third-order valence-corrected chi connectivity index (χ3v) is 4.07. The second-order valence-electron chi connectivity index (χ2n) is 5.26. The molecule has 1 aromatic carbocycles. The number of halogens is 1. The molecule has 1 heterocycles. The summed E-state index contributed by atoms with van der Waals surface area (Å²) in [7, 11) is 0. The number of nitrogens with zero attached hydrogens (tertiary/aromatic N) is 3. The van der Waals surface area contributed by atoms with Gasteiger partial charge >= 0.3 is 0 Å². The molecule has 0 aliphatic carbocycles. The molecule has 1 aliphatic rings. The lowest BCUT2D eigenvalue weighted by Gasteiger charge is -2.36. The number of benzene rings is 1. The first-order chi connectivity index (χ1) is 10.2. The van der Waals surface area contributed by atoms with Gasteiger partial charge in [0.15, 0.2) is 0 Å². The number of nitriles is 1. The van der Waals surface area contributed by atoms with Gasteiger partial charge in [0.1, 0.15) is 5.92 Å². The van der Waals surface area contributed by atoms with Crippen molar-refractivity contribution in [2.75, 3.05) is 31.1 Å². The molecule has 1 aromatic rings. The molecular formula is C16H20ClN3O. The smallest absolute Gasteiger partial charge is 0.240 e. The van der Waals surface area contributed by atoms with Crippen LogP contribution in [0.1, 0.15) is 19.8 Å². The summed E-state index contributed by atoms with van der Waals surface area (Å²) in [6.45, 7) is 4.91. The van der Waals surface area contributed by atoms with E-state index >= 15 is 0 Å². The van der Waals surface area contributed by atoms with Crippen LogP contribution >= 0.6 is 11.6 Å². The van der Waals surface area contributed by atoms with Gasteiger partial charge in [0, 0.05) is 36.9 Å². The predicted molar refractivity (Wildman–Crippen MR) is 84.3 cm³/mol. The minimum atomic E-state index is -0.489. The third-order valence-electron chi connectivity index (χ3n) is 3.81. The van der Waals surface area contributed by atoms with Crippen molar-refractivity contribution in [3.05, 3.63) is 29.3 Å². The monoisotopic (exact) mass is 305 g/mol. The lowest BCUT2D eigenvalue weighted by Crippen LogP contribution is -2.50. The summed E-state index contributed by atoms with van der Waals surface area (Å²) >= 11 is 5.89. The molecule has 112 valence electrons. The van der Waals surface area contributed by atoms with Gasteiger partial charge in [-0.3, -0.25) is 4.79 Å². The number of carbonyl (C=O) groups excluding carboxylic acids is 1. The van der Waals surface area contributed by atoms with Gasteiger partial charge in [-0.25, -0.2) is 0 Å². The van der Waals surface area contributed by atoms with Gasteiger partial charge in [-0.1, -0.05) is 24.9 Å². The fourth-order valence-corrected chi connectivity index (χ4v) is 2.72. The van der Waals surface area contributed by atoms with E-state index < -0.39 is 5.92 Å². The predicted octanol–water partition coefficient (Wildman–Crippen LogP) is 2.93. The molecule has 1 atom stereocenters. The highest BCUT2D eigenvalue weighted by molar-refractivity contribution is 6.30. The molecule has 21 heavy (non-hydrogen) atoms. The van der Waals surface area contributed by atoms with Crippen LogP contribution in [0, 0.1) is 17.2 Å². The van der Waals surface area contributed by atoms with Crippen LogP contribution in [0.5, 0.6) is 0 Å². The number of anilines is 1. The van der Waals surface area contributed by atoms with E-state index in [-0.39, 0.29) is 5.91 Å². The number of piperazine rings is 1. The van der Waals surface area contributed by atoms with Crippen molar-refractivity contribution in [2.45, 2.75) is 19.8 Å². The second-order valence-corrected chi connectivity index (χ2v) is 5.70. The van der Waals surface area contributed by atoms with E-state index in [9.17, 15) is 4.79 Å². The van der Waals surface area contributed by atoms with Crippen LogP contribution in [0.4, 0.5) is 5.69 Å². The van der Waals surface area contributed by atoms with Gasteiger partial charge in [-0.15, -0.1) is 0 Å². The Hall–Kier alpha value is -1.73. The highest BCUT2D eigenvalue weighted by atomic mass is 35.5. The Bertz CT molecular complexity index is 515. The van der Waals surface area contributed by atoms with Crippen LogP contribution in [0.15, 0.2) is 24.3 Å². The van der Waals surface area contributed by atoms with Crippen LogP contribution in [-0.2, 0) is 4.79 Å². The molecule has 0 bridgehead atoms. The highest BCUT2D eigenvalue weighted by Crippen LogP contribution is 2.20. The van der Waals surface area contributed by atoms with E-state index in [0.29, 0.717) is 19.5 Å². The van der Waals surface area contributed by atoms with Gasteiger partial charge in [-0.2, -0.15) is 5.26 Å². The Balaban J connectivity index is 1.92. The summed E-state index contributed by atoms with van der Waals surface area (Å²) in [5.41, 5.74) is 1.12. The summed E-state index contributed by atoms with van der Waals surface area (Å²) in [6, 6.07) is 9.87. The first-order valence-electron chi connectivity index (χ1n) is 7.34. The van der Waals surface area contributed by atoms with E-state index in [1.807, 2.05) is 36.1 Å². The SMILES string of the molecule is CCCC(C#N)C(=O)N1CCN(c2ccc(Cl)cc2)CC1. The molecule has 1 unspecified atom stereocenters. The van der Waals surface area contributed by atoms with Gasteiger partial charge in [0.25, 0.3) is 0 Å². The maximum absolute atomic E-state index is 12.3. The van der Waals surface area contributed by atoms with Gasteiger partial charge in [0.05, 0.1) is 6.07 Å². The van der Waals surface area contributed by atoms with Crippen molar-refractivity contribution in [3.63, 3.8) is 0 Å². The second kappa shape index (κ2) is 7.33. The zero-order chi connectivity index (χ0) is 15.2. The van der Waals surface area contributed by atoms with Gasteiger partial charge in [-0.05, 0) is 30.7 Å². The molecule has 5 heteroatoms. The van der Waals surface area contributed by atoms with Crippen LogP contribution in [0.3, 0.4) is 0 Å². The molecule has 0 aromatic heterocycles. The zero-order valence-electron chi connectivity index (χ0n) is 12.3. The van der Waals surface area contributed by atoms with E-state index in [2.05, 4.69) is 11.0 Å². The highest BCUT2D eigenvalue weighted by Gasteiger charge is 2.26. The van der Waals surface area contributed by atoms with E-state index in [1.165, 1.54) is 0 Å². The van der Waals surface area contributed by atoms with Crippen LogP contribution in [-0.4, -0.2) is 37.0 Å². The molecule has 1 amide bonds. The largest absolute Gasteiger partial charge is 0.368 e. The molecule has 0 saturated carbocycles. The number of hydrogen-bond donors (Lipinski definition) is 0. The summed E-state index contributed by atoms with van der Waals surface area (Å²) in [4.78, 5) is 16.3. The summed E-state index contributed by atoms with van der Waals surface area (Å²) < 4.78 is 0. The first-order valence-corrected chi connectivity index (χ1v) is 7.72. The molecule has 0 N–H and O–H groups in total. The van der Waals surface area contributed by atoms with Crippen molar-refractivity contribution in [3.8, 4) is 6.07 Å². The standard InChI is InChI=1S/C16H20ClN3O/c1-2-3-13(12-18)16(21)20-10-8-19(9-11-20)15-6-4-14(17)5-7-15/h4-7,13H,2-3,8-11H2,1H3. The van der Waals surface area contributed by atoms with Crippen molar-refractivity contribution >= 4 is 23.2 Å². The maximum atomic E-state index is 12.3. The van der Waals surface area contributed by atoms with E-state index in [4.69, 9.17) is 16.9 Å². The molecule has 4 nitrogen and oxygen atoms in total. The molecule has 2 rings (SSSR count). The quantitative estimate of drug-likeness (QED) is 0.859. The fourth-order valence-electron chi connectivity index (χ4n) is 2.59. The van der Waals surface area contributed by atoms with Crippen LogP contribution in [0.2, 0.25) is 5.02 Å². The minimum Gasteiger partial charge on any atom is -0.368 e. The Morgan fingerprint density at radius 3 is 2.43 bits per heavy atom. The Kier molecular flexibility index (Phi) is 5.46. The molecule has 0 spiro atoms. The van der Waals surface area contributed by atoms with Crippen molar-refractivity contribution < 1.29 is 4.79 Å². The number of carbonyl (C=O) groups is 1. The van der Waals surface area contributed by atoms with E-state index in [1.54, 1.807) is 0 Å². The zero-order valence-corrected chi connectivity index (χ0v) is 13.0. The first kappa shape index (κ1) is 15.7. The van der Waals surface area contributed by atoms with E-state index in [0.717, 1.165) is 30.2 Å². The topological polar surface area (TPSA) is 47.3 Å². The molecule has 1 aliphatic heterocycles. The Morgan fingerprint density at radius 1 is 1.29 bits per heavy atom. The number of amides is 1. The maximum Gasteiger partial charge on any atom is 0.240 e. The number of rotatable bonds is 4. The molecule has 1 saturated heterocycles.